The van der Waals surface area contributed by atoms with Crippen molar-refractivity contribution in [1.29, 1.82) is 0 Å². The van der Waals surface area contributed by atoms with Gasteiger partial charge in [0.1, 0.15) is 11.7 Å². The lowest BCUT2D eigenvalue weighted by atomic mass is 10.1. The Kier molecular flexibility index (Phi) is 2.27. The number of aromatic nitrogens is 2. The van der Waals surface area contributed by atoms with Crippen molar-refractivity contribution in [2.45, 2.75) is 38.3 Å². The van der Waals surface area contributed by atoms with Gasteiger partial charge in [-0.2, -0.15) is 0 Å². The van der Waals surface area contributed by atoms with Gasteiger partial charge in [-0.1, -0.05) is 0 Å². The van der Waals surface area contributed by atoms with Crippen molar-refractivity contribution in [2.75, 3.05) is 13.2 Å². The van der Waals surface area contributed by atoms with Gasteiger partial charge in [0, 0.05) is 6.42 Å². The fourth-order valence-corrected chi connectivity index (χ4v) is 2.38. The molecular weight excluding hydrogens is 208 g/mol. The van der Waals surface area contributed by atoms with Crippen molar-refractivity contribution >= 4 is 0 Å². The third-order valence-corrected chi connectivity index (χ3v) is 3.10. The third kappa shape index (κ3) is 1.55. The Morgan fingerprint density at radius 2 is 2.19 bits per heavy atom. The van der Waals surface area contributed by atoms with E-state index in [-0.39, 0.29) is 18.0 Å². The molecule has 1 saturated heterocycles. The molecule has 1 atom stereocenters. The van der Waals surface area contributed by atoms with Crippen LogP contribution in [0.1, 0.15) is 37.8 Å². The van der Waals surface area contributed by atoms with Gasteiger partial charge < -0.3 is 19.2 Å². The number of imidazole rings is 1. The Morgan fingerprint density at radius 1 is 1.44 bits per heavy atom. The van der Waals surface area contributed by atoms with E-state index in [9.17, 15) is 0 Å². The molecule has 5 heteroatoms. The van der Waals surface area contributed by atoms with Crippen LogP contribution in [0, 0.1) is 0 Å². The van der Waals surface area contributed by atoms with Gasteiger partial charge in [0.2, 0.25) is 0 Å². The molecule has 1 unspecified atom stereocenters. The second-order valence-electron chi connectivity index (χ2n) is 4.69. The van der Waals surface area contributed by atoms with E-state index in [1.165, 1.54) is 0 Å². The molecule has 1 fully saturated rings. The first-order valence-electron chi connectivity index (χ1n) is 5.61. The molecule has 0 radical (unpaired) electrons. The maximum absolute atomic E-state index is 5.97. The van der Waals surface area contributed by atoms with Gasteiger partial charge in [-0.3, -0.25) is 0 Å². The van der Waals surface area contributed by atoms with Crippen molar-refractivity contribution in [3.05, 3.63) is 17.7 Å². The maximum Gasteiger partial charge on any atom is 0.160 e. The molecule has 3 heterocycles. The number of nitrogens with zero attached hydrogens (tertiary/aromatic N) is 1. The van der Waals surface area contributed by atoms with Crippen LogP contribution >= 0.6 is 0 Å². The SMILES string of the molecule is CC1(C)OC(CC2OCCO2)c2[nH]cnc21. The van der Waals surface area contributed by atoms with Gasteiger partial charge in [0.05, 0.1) is 30.9 Å². The van der Waals surface area contributed by atoms with E-state index < -0.39 is 0 Å². The summed E-state index contributed by atoms with van der Waals surface area (Å²) in [5.41, 5.74) is 1.73. The maximum atomic E-state index is 5.97. The highest BCUT2D eigenvalue weighted by Gasteiger charge is 2.41. The molecule has 1 aromatic rings. The Hall–Kier alpha value is -0.910. The van der Waals surface area contributed by atoms with Crippen LogP contribution in [0.4, 0.5) is 0 Å². The number of nitrogens with one attached hydrogen (secondary N) is 1. The number of rotatable bonds is 2. The van der Waals surface area contributed by atoms with Crippen LogP contribution in [-0.2, 0) is 19.8 Å². The molecule has 1 N–H and O–H groups in total. The van der Waals surface area contributed by atoms with E-state index in [1.54, 1.807) is 6.33 Å². The van der Waals surface area contributed by atoms with E-state index in [1.807, 2.05) is 13.8 Å². The molecular formula is C11H16N2O3. The van der Waals surface area contributed by atoms with Gasteiger partial charge in [0.25, 0.3) is 0 Å². The van der Waals surface area contributed by atoms with E-state index in [0.717, 1.165) is 17.8 Å². The van der Waals surface area contributed by atoms with Crippen molar-refractivity contribution in [3.8, 4) is 0 Å². The average molecular weight is 224 g/mol. The van der Waals surface area contributed by atoms with E-state index >= 15 is 0 Å². The van der Waals surface area contributed by atoms with Crippen LogP contribution < -0.4 is 0 Å². The zero-order chi connectivity index (χ0) is 11.2. The predicted molar refractivity (Wildman–Crippen MR) is 55.7 cm³/mol. The molecule has 3 rings (SSSR count). The molecule has 0 bridgehead atoms. The number of aromatic amines is 1. The van der Waals surface area contributed by atoms with E-state index in [2.05, 4.69) is 9.97 Å². The van der Waals surface area contributed by atoms with Gasteiger partial charge in [-0.05, 0) is 13.8 Å². The second kappa shape index (κ2) is 3.55. The average Bonchev–Trinajstić information content (AvgIpc) is 2.89. The minimum absolute atomic E-state index is 0.00407. The quantitative estimate of drug-likeness (QED) is 0.826. The Bertz CT molecular complexity index is 382. The highest BCUT2D eigenvalue weighted by Crippen LogP contribution is 2.43. The third-order valence-electron chi connectivity index (χ3n) is 3.10. The number of hydrogen-bond acceptors (Lipinski definition) is 4. The molecule has 0 aromatic carbocycles. The first-order valence-corrected chi connectivity index (χ1v) is 5.61. The highest BCUT2D eigenvalue weighted by atomic mass is 16.7. The molecule has 2 aliphatic rings. The van der Waals surface area contributed by atoms with E-state index in [4.69, 9.17) is 14.2 Å². The number of ether oxygens (including phenoxy) is 3. The molecule has 2 aliphatic heterocycles. The van der Waals surface area contributed by atoms with Crippen molar-refractivity contribution in [2.24, 2.45) is 0 Å². The Morgan fingerprint density at radius 3 is 2.94 bits per heavy atom. The summed E-state index contributed by atoms with van der Waals surface area (Å²) in [6, 6.07) is 0. The summed E-state index contributed by atoms with van der Waals surface area (Å²) in [7, 11) is 0. The molecule has 0 amide bonds. The van der Waals surface area contributed by atoms with Crippen LogP contribution in [-0.4, -0.2) is 29.5 Å². The predicted octanol–water partition coefficient (Wildman–Crippen LogP) is 1.48. The van der Waals surface area contributed by atoms with Crippen LogP contribution in [0.25, 0.3) is 0 Å². The van der Waals surface area contributed by atoms with Crippen LogP contribution in [0.15, 0.2) is 6.33 Å². The lowest BCUT2D eigenvalue weighted by Gasteiger charge is -2.21. The first kappa shape index (κ1) is 10.3. The smallest absolute Gasteiger partial charge is 0.160 e. The molecule has 0 spiro atoms. The summed E-state index contributed by atoms with van der Waals surface area (Å²) >= 11 is 0. The summed E-state index contributed by atoms with van der Waals surface area (Å²) < 4.78 is 16.8. The van der Waals surface area contributed by atoms with Crippen LogP contribution in [0.3, 0.4) is 0 Å². The molecule has 1 aromatic heterocycles. The van der Waals surface area contributed by atoms with Gasteiger partial charge >= 0.3 is 0 Å². The van der Waals surface area contributed by atoms with E-state index in [0.29, 0.717) is 13.2 Å². The summed E-state index contributed by atoms with van der Waals surface area (Å²) in [5, 5.41) is 0. The minimum atomic E-state index is -0.321. The molecule has 88 valence electrons. The van der Waals surface area contributed by atoms with Crippen molar-refractivity contribution < 1.29 is 14.2 Å². The molecule has 0 aliphatic carbocycles. The van der Waals surface area contributed by atoms with Crippen molar-refractivity contribution in [3.63, 3.8) is 0 Å². The molecule has 5 nitrogen and oxygen atoms in total. The first-order chi connectivity index (χ1) is 7.67. The highest BCUT2D eigenvalue weighted by molar-refractivity contribution is 5.25. The normalized spacial score (nSPS) is 28.5. The topological polar surface area (TPSA) is 56.4 Å². The lowest BCUT2D eigenvalue weighted by molar-refractivity contribution is -0.115. The zero-order valence-electron chi connectivity index (χ0n) is 9.53. The fourth-order valence-electron chi connectivity index (χ4n) is 2.38. The second-order valence-corrected chi connectivity index (χ2v) is 4.69. The zero-order valence-corrected chi connectivity index (χ0v) is 9.53. The fraction of sp³-hybridized carbons (Fsp3) is 0.727. The minimum Gasteiger partial charge on any atom is -0.359 e. The summed E-state index contributed by atoms with van der Waals surface area (Å²) in [4.78, 5) is 7.46. The van der Waals surface area contributed by atoms with Gasteiger partial charge in [0.15, 0.2) is 6.29 Å². The lowest BCUT2D eigenvalue weighted by Crippen LogP contribution is -2.19. The van der Waals surface area contributed by atoms with Crippen molar-refractivity contribution in [1.82, 2.24) is 9.97 Å². The van der Waals surface area contributed by atoms with Crippen LogP contribution in [0.2, 0.25) is 0 Å². The van der Waals surface area contributed by atoms with Gasteiger partial charge in [-0.25, -0.2) is 4.98 Å². The van der Waals surface area contributed by atoms with Crippen LogP contribution in [0.5, 0.6) is 0 Å². The standard InChI is InChI=1S/C11H16N2O3/c1-11(2)10-9(12-6-13-10)7(16-11)5-8-14-3-4-15-8/h6-8H,3-5H2,1-2H3,(H,12,13). The number of H-pyrrole nitrogens is 1. The monoisotopic (exact) mass is 224 g/mol. The molecule has 16 heavy (non-hydrogen) atoms. The number of hydrogen-bond donors (Lipinski definition) is 1. The van der Waals surface area contributed by atoms with Gasteiger partial charge in [-0.15, -0.1) is 0 Å². The summed E-state index contributed by atoms with van der Waals surface area (Å²) in [6.07, 6.45) is 2.29. The Labute approximate surface area is 94.1 Å². The molecule has 0 saturated carbocycles. The summed E-state index contributed by atoms with van der Waals surface area (Å²) in [5.74, 6) is 0. The Balaban J connectivity index is 1.78. The number of fused-ring (bicyclic) bond motifs is 1. The summed E-state index contributed by atoms with van der Waals surface area (Å²) in [6.45, 7) is 5.42. The largest absolute Gasteiger partial charge is 0.359 e.